The van der Waals surface area contributed by atoms with Gasteiger partial charge in [-0.15, -0.1) is 6.42 Å². The Labute approximate surface area is 270 Å². The van der Waals surface area contributed by atoms with E-state index in [-0.39, 0.29) is 31.5 Å². The monoisotopic (exact) mass is 624 g/mol. The van der Waals surface area contributed by atoms with E-state index in [2.05, 4.69) is 5.92 Å². The Morgan fingerprint density at radius 1 is 0.622 bits per heavy atom. The summed E-state index contributed by atoms with van der Waals surface area (Å²) in [5.41, 5.74) is 3.98. The molecule has 5 rings (SSSR count). The van der Waals surface area contributed by atoms with Gasteiger partial charge in [-0.3, -0.25) is 0 Å². The Kier molecular flexibility index (Phi) is 12.6. The zero-order valence-corrected chi connectivity index (χ0v) is 25.8. The van der Waals surface area contributed by atoms with Crippen LogP contribution in [0.15, 0.2) is 132 Å². The summed E-state index contributed by atoms with van der Waals surface area (Å²) in [5.74, 6) is 2.87. The van der Waals surface area contributed by atoms with Gasteiger partial charge >= 0.3 is 0 Å². The van der Waals surface area contributed by atoms with Crippen molar-refractivity contribution in [3.05, 3.63) is 154 Å². The van der Waals surface area contributed by atoms with Crippen molar-refractivity contribution in [2.45, 2.75) is 51.0 Å². The van der Waals surface area contributed by atoms with Crippen LogP contribution < -0.4 is 0 Å². The molecule has 0 saturated carbocycles. The number of ether oxygens (including phenoxy) is 6. The van der Waals surface area contributed by atoms with Gasteiger partial charge in [-0.1, -0.05) is 139 Å². The molecule has 6 nitrogen and oxygen atoms in total. The van der Waals surface area contributed by atoms with E-state index in [1.807, 2.05) is 121 Å². The van der Waals surface area contributed by atoms with Crippen LogP contribution in [0.5, 0.6) is 0 Å². The lowest BCUT2D eigenvalue weighted by atomic mass is 10.1. The molecule has 0 unspecified atom stereocenters. The first-order valence-corrected chi connectivity index (χ1v) is 15.3. The average molecular weight is 625 g/mol. The molecule has 0 saturated heterocycles. The van der Waals surface area contributed by atoms with Crippen molar-refractivity contribution in [1.29, 1.82) is 0 Å². The van der Waals surface area contributed by atoms with Gasteiger partial charge in [-0.25, -0.2) is 0 Å². The molecule has 0 amide bonds. The molecule has 1 aliphatic rings. The van der Waals surface area contributed by atoms with Crippen LogP contribution in [0, 0.1) is 12.3 Å². The molecule has 0 fully saturated rings. The molecule has 45 heavy (non-hydrogen) atoms. The van der Waals surface area contributed by atoms with E-state index in [4.69, 9.17) is 46.4 Å². The van der Waals surface area contributed by atoms with Crippen molar-refractivity contribution in [3.63, 3.8) is 0 Å². The third-order valence-electron chi connectivity index (χ3n) is 7.17. The van der Waals surface area contributed by atoms with Gasteiger partial charge in [0.1, 0.15) is 42.3 Å². The van der Waals surface area contributed by atoms with E-state index in [9.17, 15) is 0 Å². The number of hydrogen-bond acceptors (Lipinski definition) is 6. The minimum Gasteiger partial charge on any atom is -0.489 e. The topological polar surface area (TPSA) is 55.4 Å². The predicted molar refractivity (Wildman–Crippen MR) is 174 cm³/mol. The molecular formula is C38H37ClO6. The van der Waals surface area contributed by atoms with Crippen LogP contribution in [0.3, 0.4) is 0 Å². The van der Waals surface area contributed by atoms with Crippen LogP contribution in [0.1, 0.15) is 22.3 Å². The Hall–Kier alpha value is -3.93. The lowest BCUT2D eigenvalue weighted by Crippen LogP contribution is -2.45. The van der Waals surface area contributed by atoms with E-state index in [0.717, 1.165) is 22.3 Å². The summed E-state index contributed by atoms with van der Waals surface area (Å²) >= 11 is 7.07. The molecular weight excluding hydrogens is 588 g/mol. The summed E-state index contributed by atoms with van der Waals surface area (Å²) in [6, 6.07) is 39.6. The van der Waals surface area contributed by atoms with Gasteiger partial charge in [0, 0.05) is 0 Å². The highest BCUT2D eigenvalue weighted by Gasteiger charge is 2.44. The molecule has 0 radical (unpaired) electrons. The standard InChI is InChI=1S/C38H37ClO6/c1-2-23-41-38-34(39)36(43-26-31-19-11-5-12-20-31)37(44-27-32-21-13-6-14-22-32)35(42-25-30-17-9-4-10-18-30)33(45-38)28-40-24-29-15-7-3-8-16-29/h1,3-22,33,35,37-38H,23-28H2/t33-,35-,37+,38+/m1/s1. The average Bonchev–Trinajstić information content (AvgIpc) is 3.19. The molecule has 0 spiro atoms. The van der Waals surface area contributed by atoms with Crippen LogP contribution in [0.2, 0.25) is 0 Å². The van der Waals surface area contributed by atoms with Gasteiger partial charge < -0.3 is 28.4 Å². The second-order valence-corrected chi connectivity index (χ2v) is 10.9. The Morgan fingerprint density at radius 3 is 1.64 bits per heavy atom. The van der Waals surface area contributed by atoms with Gasteiger partial charge in [0.25, 0.3) is 0 Å². The van der Waals surface area contributed by atoms with Crippen LogP contribution in [0.4, 0.5) is 0 Å². The van der Waals surface area contributed by atoms with E-state index >= 15 is 0 Å². The van der Waals surface area contributed by atoms with Crippen LogP contribution in [-0.2, 0) is 54.8 Å². The summed E-state index contributed by atoms with van der Waals surface area (Å²) in [6.45, 7) is 1.37. The van der Waals surface area contributed by atoms with Crippen molar-refractivity contribution < 1.29 is 28.4 Å². The van der Waals surface area contributed by atoms with Crippen LogP contribution in [0.25, 0.3) is 0 Å². The second kappa shape index (κ2) is 17.5. The molecule has 0 aromatic heterocycles. The SMILES string of the molecule is C#CCO[C@H]1O[C@H](COCc2ccccc2)[C@@H](OCc2ccccc2)[C@H](OCc2ccccc2)C(OCc2ccccc2)=C1Cl. The minimum atomic E-state index is -1.02. The predicted octanol–water partition coefficient (Wildman–Crippen LogP) is 7.42. The van der Waals surface area contributed by atoms with Crippen molar-refractivity contribution >= 4 is 11.6 Å². The van der Waals surface area contributed by atoms with Crippen LogP contribution in [-0.4, -0.2) is 37.8 Å². The van der Waals surface area contributed by atoms with Crippen molar-refractivity contribution in [1.82, 2.24) is 0 Å². The highest BCUT2D eigenvalue weighted by atomic mass is 35.5. The number of rotatable bonds is 15. The number of halogens is 1. The zero-order valence-electron chi connectivity index (χ0n) is 25.0. The van der Waals surface area contributed by atoms with E-state index in [0.29, 0.717) is 19.0 Å². The second-order valence-electron chi connectivity index (χ2n) is 10.5. The summed E-state index contributed by atoms with van der Waals surface area (Å²) in [7, 11) is 0. The molecule has 4 atom stereocenters. The number of hydrogen-bond donors (Lipinski definition) is 0. The fraction of sp³-hybridized carbons (Fsp3) is 0.263. The van der Waals surface area contributed by atoms with Crippen molar-refractivity contribution in [3.8, 4) is 12.3 Å². The van der Waals surface area contributed by atoms with Gasteiger partial charge in [0.2, 0.25) is 0 Å². The van der Waals surface area contributed by atoms with Gasteiger partial charge in [-0.05, 0) is 22.3 Å². The molecule has 232 valence electrons. The van der Waals surface area contributed by atoms with E-state index in [1.165, 1.54) is 0 Å². The Morgan fingerprint density at radius 2 is 1.11 bits per heavy atom. The number of terminal acetylenes is 1. The fourth-order valence-corrected chi connectivity index (χ4v) is 5.18. The highest BCUT2D eigenvalue weighted by molar-refractivity contribution is 6.30. The Bertz CT molecular complexity index is 1490. The molecule has 0 bridgehead atoms. The first-order valence-electron chi connectivity index (χ1n) is 14.9. The molecule has 1 heterocycles. The van der Waals surface area contributed by atoms with Crippen molar-refractivity contribution in [2.75, 3.05) is 13.2 Å². The maximum absolute atomic E-state index is 7.07. The normalized spacial score (nSPS) is 19.9. The molecule has 0 N–H and O–H groups in total. The lowest BCUT2D eigenvalue weighted by Gasteiger charge is -2.32. The third-order valence-corrected chi connectivity index (χ3v) is 7.53. The molecule has 0 aliphatic carbocycles. The molecule has 4 aromatic rings. The maximum Gasteiger partial charge on any atom is 0.199 e. The van der Waals surface area contributed by atoms with Gasteiger partial charge in [-0.2, -0.15) is 0 Å². The van der Waals surface area contributed by atoms with Crippen LogP contribution >= 0.6 is 11.6 Å². The highest BCUT2D eigenvalue weighted by Crippen LogP contribution is 2.35. The third kappa shape index (κ3) is 9.78. The van der Waals surface area contributed by atoms with E-state index < -0.39 is 24.6 Å². The van der Waals surface area contributed by atoms with Crippen molar-refractivity contribution in [2.24, 2.45) is 0 Å². The zero-order chi connectivity index (χ0) is 31.1. The lowest BCUT2D eigenvalue weighted by molar-refractivity contribution is -0.204. The summed E-state index contributed by atoms with van der Waals surface area (Å²) in [5, 5.41) is 0.207. The quantitative estimate of drug-likeness (QED) is 0.128. The summed E-state index contributed by atoms with van der Waals surface area (Å²) in [4.78, 5) is 0. The number of benzene rings is 4. The Balaban J connectivity index is 1.49. The smallest absolute Gasteiger partial charge is 0.199 e. The maximum atomic E-state index is 7.07. The molecule has 1 aliphatic heterocycles. The molecule has 7 heteroatoms. The first-order chi connectivity index (χ1) is 22.2. The van der Waals surface area contributed by atoms with E-state index in [1.54, 1.807) is 0 Å². The summed E-state index contributed by atoms with van der Waals surface area (Å²) < 4.78 is 38.4. The molecule has 4 aromatic carbocycles. The van der Waals surface area contributed by atoms with Gasteiger partial charge in [0.05, 0.1) is 26.4 Å². The fourth-order valence-electron chi connectivity index (χ4n) is 4.91. The first kappa shape index (κ1) is 32.5. The minimum absolute atomic E-state index is 0.0183. The van der Waals surface area contributed by atoms with Gasteiger partial charge in [0.15, 0.2) is 6.29 Å². The summed E-state index contributed by atoms with van der Waals surface area (Å²) in [6.07, 6.45) is 2.42. The largest absolute Gasteiger partial charge is 0.489 e.